The highest BCUT2D eigenvalue weighted by molar-refractivity contribution is 8.00. The largest absolute Gasteiger partial charge is 0.294 e. The number of hydrogen-bond donors (Lipinski definition) is 0. The molecule has 0 aliphatic heterocycles. The fraction of sp³-hybridized carbons (Fsp3) is 0.462. The third-order valence-corrected chi connectivity index (χ3v) is 3.40. The molecule has 0 atom stereocenters. The monoisotopic (exact) mass is 256 g/mol. The van der Waals surface area contributed by atoms with Crippen LogP contribution < -0.4 is 0 Å². The highest BCUT2D eigenvalue weighted by Gasteiger charge is 2.12. The van der Waals surface area contributed by atoms with Crippen molar-refractivity contribution in [2.24, 2.45) is 0 Å². The topological polar surface area (TPSA) is 17.1 Å². The van der Waals surface area contributed by atoms with Gasteiger partial charge in [0.25, 0.3) is 0 Å². The lowest BCUT2D eigenvalue weighted by Crippen LogP contribution is -2.01. The van der Waals surface area contributed by atoms with Gasteiger partial charge in [-0.25, -0.2) is 0 Å². The lowest BCUT2D eigenvalue weighted by Gasteiger charge is -2.10. The molecule has 0 aromatic heterocycles. The van der Waals surface area contributed by atoms with Gasteiger partial charge in [0.15, 0.2) is 5.78 Å². The first kappa shape index (κ1) is 13.6. The Labute approximate surface area is 107 Å². The molecular weight excluding hydrogens is 240 g/mol. The van der Waals surface area contributed by atoms with Crippen LogP contribution in [0.15, 0.2) is 23.1 Å². The number of thioether (sulfide) groups is 1. The van der Waals surface area contributed by atoms with Gasteiger partial charge in [0.2, 0.25) is 0 Å². The summed E-state index contributed by atoms with van der Waals surface area (Å²) in [4.78, 5) is 13.0. The molecule has 0 saturated carbocycles. The Kier molecular flexibility index (Phi) is 5.36. The van der Waals surface area contributed by atoms with Gasteiger partial charge >= 0.3 is 0 Å². The van der Waals surface area contributed by atoms with E-state index in [1.165, 1.54) is 0 Å². The predicted octanol–water partition coefficient (Wildman–Crippen LogP) is 4.82. The number of Topliss-reactive ketones (excluding diaryl/α,β-unsaturated/α-hetero) is 1. The number of carbonyl (C=O) groups is 1. The molecule has 3 heteroatoms. The van der Waals surface area contributed by atoms with Gasteiger partial charge in [-0.2, -0.15) is 0 Å². The van der Waals surface area contributed by atoms with Gasteiger partial charge in [0, 0.05) is 27.2 Å². The first-order valence-corrected chi connectivity index (χ1v) is 6.79. The standard InChI is InChI=1S/C13H17ClOS/c1-4-5-12(15)11-8-10(14)6-7-13(11)16-9(2)3/h6-9H,4-5H2,1-3H3. The van der Waals surface area contributed by atoms with E-state index in [4.69, 9.17) is 11.6 Å². The zero-order valence-electron chi connectivity index (χ0n) is 9.92. The number of carbonyl (C=O) groups excluding carboxylic acids is 1. The number of hydrogen-bond acceptors (Lipinski definition) is 2. The lowest BCUT2D eigenvalue weighted by atomic mass is 10.1. The lowest BCUT2D eigenvalue weighted by molar-refractivity contribution is 0.0979. The molecule has 16 heavy (non-hydrogen) atoms. The summed E-state index contributed by atoms with van der Waals surface area (Å²) >= 11 is 7.64. The first-order valence-electron chi connectivity index (χ1n) is 5.54. The molecule has 0 bridgehead atoms. The van der Waals surface area contributed by atoms with Gasteiger partial charge in [-0.1, -0.05) is 32.4 Å². The highest BCUT2D eigenvalue weighted by atomic mass is 35.5. The van der Waals surface area contributed by atoms with Crippen molar-refractivity contribution in [3.8, 4) is 0 Å². The molecule has 0 unspecified atom stereocenters. The Morgan fingerprint density at radius 3 is 2.69 bits per heavy atom. The van der Waals surface area contributed by atoms with Crippen LogP contribution >= 0.6 is 23.4 Å². The van der Waals surface area contributed by atoms with Crippen molar-refractivity contribution < 1.29 is 4.79 Å². The Balaban J connectivity index is 3.02. The molecule has 0 N–H and O–H groups in total. The molecule has 0 fully saturated rings. The second-order valence-electron chi connectivity index (χ2n) is 3.98. The number of halogens is 1. The Hall–Kier alpha value is -0.470. The number of ketones is 1. The van der Waals surface area contributed by atoms with Gasteiger partial charge in [-0.05, 0) is 24.6 Å². The third-order valence-electron chi connectivity index (χ3n) is 2.08. The summed E-state index contributed by atoms with van der Waals surface area (Å²) in [6.07, 6.45) is 1.46. The van der Waals surface area contributed by atoms with Crippen LogP contribution in [0.3, 0.4) is 0 Å². The van der Waals surface area contributed by atoms with Crippen molar-refractivity contribution in [1.29, 1.82) is 0 Å². The van der Waals surface area contributed by atoms with Crippen molar-refractivity contribution in [2.75, 3.05) is 0 Å². The zero-order valence-corrected chi connectivity index (χ0v) is 11.5. The van der Waals surface area contributed by atoms with E-state index in [1.807, 2.05) is 19.1 Å². The van der Waals surface area contributed by atoms with Gasteiger partial charge in [-0.3, -0.25) is 4.79 Å². The highest BCUT2D eigenvalue weighted by Crippen LogP contribution is 2.29. The molecule has 1 aromatic rings. The molecule has 0 radical (unpaired) electrons. The second-order valence-corrected chi connectivity index (χ2v) is 6.04. The smallest absolute Gasteiger partial charge is 0.164 e. The van der Waals surface area contributed by atoms with Crippen LogP contribution in [-0.2, 0) is 0 Å². The molecule has 0 aliphatic carbocycles. The summed E-state index contributed by atoms with van der Waals surface area (Å²) in [5, 5.41) is 1.10. The van der Waals surface area contributed by atoms with E-state index < -0.39 is 0 Å². The summed E-state index contributed by atoms with van der Waals surface area (Å²) in [6, 6.07) is 5.56. The average molecular weight is 257 g/mol. The molecule has 0 amide bonds. The molecule has 1 nitrogen and oxygen atoms in total. The van der Waals surface area contributed by atoms with Gasteiger partial charge < -0.3 is 0 Å². The van der Waals surface area contributed by atoms with E-state index >= 15 is 0 Å². The van der Waals surface area contributed by atoms with Crippen LogP contribution in [0.4, 0.5) is 0 Å². The van der Waals surface area contributed by atoms with E-state index in [-0.39, 0.29) is 5.78 Å². The number of rotatable bonds is 5. The average Bonchev–Trinajstić information content (AvgIpc) is 2.20. The Bertz CT molecular complexity index is 374. The predicted molar refractivity (Wildman–Crippen MR) is 71.7 cm³/mol. The maximum atomic E-state index is 11.9. The Morgan fingerprint density at radius 2 is 2.12 bits per heavy atom. The summed E-state index contributed by atoms with van der Waals surface area (Å²) in [6.45, 7) is 6.25. The zero-order chi connectivity index (χ0) is 12.1. The fourth-order valence-corrected chi connectivity index (χ4v) is 2.56. The van der Waals surface area contributed by atoms with Crippen LogP contribution in [-0.4, -0.2) is 11.0 Å². The molecule has 88 valence electrons. The fourth-order valence-electron chi connectivity index (χ4n) is 1.44. The minimum absolute atomic E-state index is 0.188. The van der Waals surface area contributed by atoms with E-state index in [9.17, 15) is 4.79 Å². The van der Waals surface area contributed by atoms with Crippen molar-refractivity contribution in [3.63, 3.8) is 0 Å². The molecule has 0 aliphatic rings. The molecule has 0 saturated heterocycles. The van der Waals surface area contributed by atoms with Crippen LogP contribution in [0.25, 0.3) is 0 Å². The van der Waals surface area contributed by atoms with E-state index in [1.54, 1.807) is 17.8 Å². The summed E-state index contributed by atoms with van der Waals surface area (Å²) in [5.41, 5.74) is 0.771. The summed E-state index contributed by atoms with van der Waals surface area (Å²) in [5.74, 6) is 0.188. The first-order chi connectivity index (χ1) is 7.54. The number of benzene rings is 1. The Morgan fingerprint density at radius 1 is 1.44 bits per heavy atom. The molecule has 0 heterocycles. The minimum atomic E-state index is 0.188. The van der Waals surface area contributed by atoms with Crippen LogP contribution in [0.2, 0.25) is 5.02 Å². The molecule has 0 spiro atoms. The second kappa shape index (κ2) is 6.31. The summed E-state index contributed by atoms with van der Waals surface area (Å²) in [7, 11) is 0. The molecular formula is C13H17ClOS. The van der Waals surface area contributed by atoms with Crippen LogP contribution in [0.5, 0.6) is 0 Å². The van der Waals surface area contributed by atoms with Crippen molar-refractivity contribution in [2.45, 2.75) is 43.8 Å². The maximum Gasteiger partial charge on any atom is 0.164 e. The molecule has 1 aromatic carbocycles. The van der Waals surface area contributed by atoms with E-state index in [0.717, 1.165) is 16.9 Å². The van der Waals surface area contributed by atoms with Gasteiger partial charge in [0.05, 0.1) is 0 Å². The SMILES string of the molecule is CCCC(=O)c1cc(Cl)ccc1SC(C)C. The van der Waals surface area contributed by atoms with Crippen molar-refractivity contribution >= 4 is 29.1 Å². The van der Waals surface area contributed by atoms with Crippen molar-refractivity contribution in [1.82, 2.24) is 0 Å². The van der Waals surface area contributed by atoms with Crippen LogP contribution in [0.1, 0.15) is 44.0 Å². The van der Waals surface area contributed by atoms with Crippen molar-refractivity contribution in [3.05, 3.63) is 28.8 Å². The van der Waals surface area contributed by atoms with E-state index in [0.29, 0.717) is 16.7 Å². The van der Waals surface area contributed by atoms with Gasteiger partial charge in [0.1, 0.15) is 0 Å². The minimum Gasteiger partial charge on any atom is -0.294 e. The van der Waals surface area contributed by atoms with Gasteiger partial charge in [-0.15, -0.1) is 11.8 Å². The third kappa shape index (κ3) is 3.84. The quantitative estimate of drug-likeness (QED) is 0.555. The summed E-state index contributed by atoms with van der Waals surface area (Å²) < 4.78 is 0. The molecule has 1 rings (SSSR count). The normalized spacial score (nSPS) is 10.8. The van der Waals surface area contributed by atoms with E-state index in [2.05, 4.69) is 13.8 Å². The maximum absolute atomic E-state index is 11.9. The van der Waals surface area contributed by atoms with Crippen LogP contribution in [0, 0.1) is 0 Å².